The first-order valence-electron chi connectivity index (χ1n) is 33.5. The molecule has 1 unspecified atom stereocenters. The maximum atomic E-state index is 12.8. The molecular weight excluding hydrogens is 901 g/mol. The number of hydrogen-bond acceptors (Lipinski definition) is 6. The Bertz CT molecular complexity index is 1090. The van der Waals surface area contributed by atoms with Crippen molar-refractivity contribution in [2.75, 3.05) is 13.2 Å². The van der Waals surface area contributed by atoms with Gasteiger partial charge in [0.1, 0.15) is 13.2 Å². The van der Waals surface area contributed by atoms with Crippen LogP contribution in [0.25, 0.3) is 0 Å². The van der Waals surface area contributed by atoms with E-state index in [1.165, 1.54) is 295 Å². The molecule has 0 aliphatic carbocycles. The molecular formula is C67H130O6. The zero-order chi connectivity index (χ0) is 52.9. The van der Waals surface area contributed by atoms with Crippen LogP contribution in [-0.4, -0.2) is 37.2 Å². The number of ether oxygens (including phenoxy) is 3. The van der Waals surface area contributed by atoms with Crippen LogP contribution in [0, 0.1) is 0 Å². The van der Waals surface area contributed by atoms with E-state index in [0.29, 0.717) is 19.3 Å². The molecule has 0 rings (SSSR count). The highest BCUT2D eigenvalue weighted by Gasteiger charge is 2.19. The predicted octanol–water partition coefficient (Wildman–Crippen LogP) is 22.7. The second kappa shape index (κ2) is 62.9. The number of carbonyl (C=O) groups is 3. The van der Waals surface area contributed by atoms with Gasteiger partial charge >= 0.3 is 17.9 Å². The van der Waals surface area contributed by atoms with E-state index in [9.17, 15) is 14.4 Å². The zero-order valence-electron chi connectivity index (χ0n) is 50.0. The minimum absolute atomic E-state index is 0.0611. The standard InChI is InChI=1S/C67H130O6/c1-4-7-10-13-16-19-22-24-25-26-27-28-29-30-31-32-33-34-35-36-37-38-39-40-41-42-43-46-48-51-54-57-60-66(69)72-63-64(62-71-65(68)59-56-53-50-47-44-21-18-15-12-9-6-3)73-67(70)61-58-55-52-49-45-23-20-17-14-11-8-5-2/h64H,4-63H2,1-3H3. The van der Waals surface area contributed by atoms with Crippen molar-refractivity contribution in [2.24, 2.45) is 0 Å². The van der Waals surface area contributed by atoms with Crippen molar-refractivity contribution in [2.45, 2.75) is 399 Å². The SMILES string of the molecule is CCCCCCCCCCCCCCCCCCCCCCCCCCCCCCCCCCC(=O)OCC(COC(=O)CCCCCCCCCCCCC)OC(=O)CCCCCCCCCCCCCC. The lowest BCUT2D eigenvalue weighted by atomic mass is 10.0. The molecule has 0 saturated heterocycles. The maximum Gasteiger partial charge on any atom is 0.306 e. The van der Waals surface area contributed by atoms with Gasteiger partial charge in [-0.2, -0.15) is 0 Å². The molecule has 0 aromatic rings. The third-order valence-electron chi connectivity index (χ3n) is 15.6. The lowest BCUT2D eigenvalue weighted by molar-refractivity contribution is -0.167. The molecule has 0 N–H and O–H groups in total. The highest BCUT2D eigenvalue weighted by molar-refractivity contribution is 5.71. The molecule has 0 bridgehead atoms. The lowest BCUT2D eigenvalue weighted by Crippen LogP contribution is -2.30. The Morgan fingerprint density at radius 3 is 0.548 bits per heavy atom. The van der Waals surface area contributed by atoms with Crippen molar-refractivity contribution in [3.63, 3.8) is 0 Å². The normalized spacial score (nSPS) is 11.9. The van der Waals surface area contributed by atoms with Gasteiger partial charge in [0.2, 0.25) is 0 Å². The van der Waals surface area contributed by atoms with Gasteiger partial charge in [0.15, 0.2) is 6.10 Å². The van der Waals surface area contributed by atoms with Gasteiger partial charge in [-0.1, -0.05) is 355 Å². The Hall–Kier alpha value is -1.59. The average molecular weight is 1030 g/mol. The summed E-state index contributed by atoms with van der Waals surface area (Å²) < 4.78 is 16.9. The Balaban J connectivity index is 3.97. The molecule has 0 aliphatic rings. The second-order valence-electron chi connectivity index (χ2n) is 23.1. The van der Waals surface area contributed by atoms with E-state index in [2.05, 4.69) is 20.8 Å². The van der Waals surface area contributed by atoms with Crippen LogP contribution in [0.1, 0.15) is 393 Å². The quantitative estimate of drug-likeness (QED) is 0.0343. The summed E-state index contributed by atoms with van der Waals surface area (Å²) >= 11 is 0. The van der Waals surface area contributed by atoms with Crippen molar-refractivity contribution in [1.29, 1.82) is 0 Å². The van der Waals surface area contributed by atoms with Crippen molar-refractivity contribution >= 4 is 17.9 Å². The van der Waals surface area contributed by atoms with Crippen LogP contribution >= 0.6 is 0 Å². The monoisotopic (exact) mass is 1030 g/mol. The molecule has 1 atom stereocenters. The largest absolute Gasteiger partial charge is 0.462 e. The summed E-state index contributed by atoms with van der Waals surface area (Å²) in [5.74, 6) is -0.832. The molecule has 0 aromatic heterocycles. The number of rotatable bonds is 63. The van der Waals surface area contributed by atoms with Crippen LogP contribution < -0.4 is 0 Å². The third kappa shape index (κ3) is 61.1. The highest BCUT2D eigenvalue weighted by atomic mass is 16.6. The summed E-state index contributed by atoms with van der Waals surface area (Å²) in [6.45, 7) is 6.70. The molecule has 0 amide bonds. The summed E-state index contributed by atoms with van der Waals surface area (Å²) in [4.78, 5) is 38.1. The number of unbranched alkanes of at least 4 members (excludes halogenated alkanes) is 52. The topological polar surface area (TPSA) is 78.9 Å². The molecule has 6 heteroatoms. The van der Waals surface area contributed by atoms with Gasteiger partial charge in [0.25, 0.3) is 0 Å². The van der Waals surface area contributed by atoms with E-state index in [4.69, 9.17) is 14.2 Å². The first-order valence-corrected chi connectivity index (χ1v) is 33.5. The zero-order valence-corrected chi connectivity index (χ0v) is 50.0. The van der Waals surface area contributed by atoms with Crippen molar-refractivity contribution in [3.05, 3.63) is 0 Å². The van der Waals surface area contributed by atoms with Crippen LogP contribution in [0.3, 0.4) is 0 Å². The van der Waals surface area contributed by atoms with Crippen LogP contribution in [0.2, 0.25) is 0 Å². The fraction of sp³-hybridized carbons (Fsp3) is 0.955. The first-order chi connectivity index (χ1) is 36.0. The highest BCUT2D eigenvalue weighted by Crippen LogP contribution is 2.19. The smallest absolute Gasteiger partial charge is 0.306 e. The Labute approximate surface area is 457 Å². The summed E-state index contributed by atoms with van der Waals surface area (Å²) in [6.07, 6.45) is 72.9. The van der Waals surface area contributed by atoms with Gasteiger partial charge in [-0.15, -0.1) is 0 Å². The third-order valence-corrected chi connectivity index (χ3v) is 15.6. The van der Waals surface area contributed by atoms with Crippen LogP contribution in [0.5, 0.6) is 0 Å². The van der Waals surface area contributed by atoms with Crippen LogP contribution in [0.15, 0.2) is 0 Å². The van der Waals surface area contributed by atoms with E-state index >= 15 is 0 Å². The van der Waals surface area contributed by atoms with E-state index < -0.39 is 6.10 Å². The average Bonchev–Trinajstić information content (AvgIpc) is 3.39. The second-order valence-corrected chi connectivity index (χ2v) is 23.1. The predicted molar refractivity (Wildman–Crippen MR) is 317 cm³/mol. The molecule has 73 heavy (non-hydrogen) atoms. The van der Waals surface area contributed by atoms with Crippen molar-refractivity contribution in [1.82, 2.24) is 0 Å². The molecule has 0 radical (unpaired) electrons. The molecule has 0 aromatic carbocycles. The fourth-order valence-corrected chi connectivity index (χ4v) is 10.6. The van der Waals surface area contributed by atoms with Gasteiger partial charge in [0.05, 0.1) is 0 Å². The Morgan fingerprint density at radius 2 is 0.370 bits per heavy atom. The number of esters is 3. The summed E-state index contributed by atoms with van der Waals surface area (Å²) in [5, 5.41) is 0. The molecule has 0 spiro atoms. The minimum atomic E-state index is -0.761. The van der Waals surface area contributed by atoms with Crippen molar-refractivity contribution < 1.29 is 28.6 Å². The van der Waals surface area contributed by atoms with E-state index in [-0.39, 0.29) is 31.1 Å². The van der Waals surface area contributed by atoms with Crippen LogP contribution in [0.4, 0.5) is 0 Å². The van der Waals surface area contributed by atoms with E-state index in [0.717, 1.165) is 57.8 Å². The van der Waals surface area contributed by atoms with E-state index in [1.54, 1.807) is 0 Å². The van der Waals surface area contributed by atoms with Crippen LogP contribution in [-0.2, 0) is 28.6 Å². The van der Waals surface area contributed by atoms with Crippen molar-refractivity contribution in [3.8, 4) is 0 Å². The van der Waals surface area contributed by atoms with Gasteiger partial charge in [-0.05, 0) is 19.3 Å². The Kier molecular flexibility index (Phi) is 61.6. The lowest BCUT2D eigenvalue weighted by Gasteiger charge is -2.18. The first kappa shape index (κ1) is 71.4. The van der Waals surface area contributed by atoms with Gasteiger partial charge < -0.3 is 14.2 Å². The Morgan fingerprint density at radius 1 is 0.219 bits per heavy atom. The molecule has 0 heterocycles. The molecule has 0 fully saturated rings. The number of carbonyl (C=O) groups excluding carboxylic acids is 3. The molecule has 0 saturated carbocycles. The molecule has 6 nitrogen and oxygen atoms in total. The minimum Gasteiger partial charge on any atom is -0.462 e. The fourth-order valence-electron chi connectivity index (χ4n) is 10.6. The van der Waals surface area contributed by atoms with Gasteiger partial charge in [0, 0.05) is 19.3 Å². The van der Waals surface area contributed by atoms with E-state index in [1.807, 2.05) is 0 Å². The summed E-state index contributed by atoms with van der Waals surface area (Å²) in [6, 6.07) is 0. The maximum absolute atomic E-state index is 12.8. The number of hydrogen-bond donors (Lipinski definition) is 0. The van der Waals surface area contributed by atoms with Gasteiger partial charge in [-0.3, -0.25) is 14.4 Å². The molecule has 0 aliphatic heterocycles. The summed E-state index contributed by atoms with van der Waals surface area (Å²) in [5.41, 5.74) is 0. The van der Waals surface area contributed by atoms with Gasteiger partial charge in [-0.25, -0.2) is 0 Å². The molecule has 434 valence electrons. The summed E-state index contributed by atoms with van der Waals surface area (Å²) in [7, 11) is 0.